The molecule has 0 aromatic carbocycles. The molecule has 1 aliphatic rings. The molecule has 0 radical (unpaired) electrons. The lowest BCUT2D eigenvalue weighted by molar-refractivity contribution is 0.505. The van der Waals surface area contributed by atoms with E-state index < -0.39 is 9.84 Å². The molecule has 0 amide bonds. The highest BCUT2D eigenvalue weighted by Gasteiger charge is 2.38. The molecule has 1 fully saturated rings. The summed E-state index contributed by atoms with van der Waals surface area (Å²) in [6.45, 7) is 3.01. The first-order valence-corrected chi connectivity index (χ1v) is 8.59. The van der Waals surface area contributed by atoms with E-state index in [9.17, 15) is 8.42 Å². The summed E-state index contributed by atoms with van der Waals surface area (Å²) in [5.74, 6) is 0. The molecule has 1 saturated carbocycles. The van der Waals surface area contributed by atoms with Crippen LogP contribution in [0.25, 0.3) is 0 Å². The van der Waals surface area contributed by atoms with Crippen molar-refractivity contribution in [3.8, 4) is 0 Å². The molecule has 96 valence electrons. The molecular formula is C12H19NO2S2. The van der Waals surface area contributed by atoms with E-state index in [4.69, 9.17) is 0 Å². The average molecular weight is 273 g/mol. The molecule has 0 spiro atoms. The van der Waals surface area contributed by atoms with Gasteiger partial charge in [-0.25, -0.2) is 8.42 Å². The second kappa shape index (κ2) is 5.50. The highest BCUT2D eigenvalue weighted by molar-refractivity contribution is 7.94. The summed E-state index contributed by atoms with van der Waals surface area (Å²) in [4.78, 5) is 0. The predicted molar refractivity (Wildman–Crippen MR) is 71.2 cm³/mol. The van der Waals surface area contributed by atoms with Gasteiger partial charge in [-0.3, -0.25) is 0 Å². The quantitative estimate of drug-likeness (QED) is 0.896. The standard InChI is InChI=1S/C12H19NO2S2/c1-2-8-13-10-5-3-6-11(10)17(14,15)12-7-4-9-16-12/h4,7,9-11,13H,2-3,5-6,8H2,1H3. The zero-order valence-electron chi connectivity index (χ0n) is 10.1. The van der Waals surface area contributed by atoms with Gasteiger partial charge in [-0.05, 0) is 37.3 Å². The molecule has 5 heteroatoms. The number of rotatable bonds is 5. The normalized spacial score (nSPS) is 25.2. The van der Waals surface area contributed by atoms with E-state index in [0.29, 0.717) is 4.21 Å². The summed E-state index contributed by atoms with van der Waals surface area (Å²) in [7, 11) is -3.12. The van der Waals surface area contributed by atoms with Crippen LogP contribution in [0, 0.1) is 0 Å². The summed E-state index contributed by atoms with van der Waals surface area (Å²) in [5, 5.41) is 4.98. The van der Waals surface area contributed by atoms with Gasteiger partial charge in [-0.15, -0.1) is 11.3 Å². The van der Waals surface area contributed by atoms with Crippen LogP contribution >= 0.6 is 11.3 Å². The molecule has 2 rings (SSSR count). The van der Waals surface area contributed by atoms with Crippen LogP contribution in [0.2, 0.25) is 0 Å². The maximum Gasteiger partial charge on any atom is 0.192 e. The van der Waals surface area contributed by atoms with Gasteiger partial charge >= 0.3 is 0 Å². The van der Waals surface area contributed by atoms with Crippen LogP contribution in [0.15, 0.2) is 21.7 Å². The number of sulfone groups is 1. The molecule has 0 bridgehead atoms. The van der Waals surface area contributed by atoms with Gasteiger partial charge in [-0.2, -0.15) is 0 Å². The first-order chi connectivity index (χ1) is 8.16. The van der Waals surface area contributed by atoms with Gasteiger partial charge in [0.2, 0.25) is 0 Å². The summed E-state index contributed by atoms with van der Waals surface area (Å²) >= 11 is 1.33. The van der Waals surface area contributed by atoms with E-state index in [1.807, 2.05) is 5.38 Å². The van der Waals surface area contributed by atoms with Gasteiger partial charge in [0.25, 0.3) is 0 Å². The van der Waals surface area contributed by atoms with Crippen molar-refractivity contribution < 1.29 is 8.42 Å². The Hall–Kier alpha value is -0.390. The van der Waals surface area contributed by atoms with Crippen LogP contribution in [0.1, 0.15) is 32.6 Å². The fourth-order valence-corrected chi connectivity index (χ4v) is 5.67. The minimum atomic E-state index is -3.12. The Labute approximate surface area is 107 Å². The Morgan fingerprint density at radius 3 is 2.94 bits per heavy atom. The van der Waals surface area contributed by atoms with Gasteiger partial charge < -0.3 is 5.32 Å². The van der Waals surface area contributed by atoms with E-state index in [1.54, 1.807) is 12.1 Å². The number of thiophene rings is 1. The summed E-state index contributed by atoms with van der Waals surface area (Å²) < 4.78 is 25.4. The lowest BCUT2D eigenvalue weighted by atomic mass is 10.2. The van der Waals surface area contributed by atoms with Crippen LogP contribution in [0.5, 0.6) is 0 Å². The Morgan fingerprint density at radius 1 is 1.47 bits per heavy atom. The third kappa shape index (κ3) is 2.72. The zero-order chi connectivity index (χ0) is 12.3. The summed E-state index contributed by atoms with van der Waals surface area (Å²) in [6.07, 6.45) is 3.83. The molecule has 3 nitrogen and oxygen atoms in total. The smallest absolute Gasteiger partial charge is 0.192 e. The van der Waals surface area contributed by atoms with Crippen molar-refractivity contribution in [3.05, 3.63) is 17.5 Å². The van der Waals surface area contributed by atoms with Gasteiger partial charge in [0.1, 0.15) is 4.21 Å². The van der Waals surface area contributed by atoms with Crippen molar-refractivity contribution in [2.75, 3.05) is 6.54 Å². The molecule has 0 saturated heterocycles. The Kier molecular flexibility index (Phi) is 4.22. The molecule has 1 aromatic heterocycles. The van der Waals surface area contributed by atoms with Gasteiger partial charge in [0.15, 0.2) is 9.84 Å². The van der Waals surface area contributed by atoms with Crippen LogP contribution in [-0.4, -0.2) is 26.3 Å². The maximum atomic E-state index is 12.4. The van der Waals surface area contributed by atoms with Crippen molar-refractivity contribution in [2.45, 2.75) is 48.1 Å². The minimum absolute atomic E-state index is 0.141. The number of hydrogen-bond donors (Lipinski definition) is 1. The number of nitrogens with one attached hydrogen (secondary N) is 1. The van der Waals surface area contributed by atoms with Crippen LogP contribution in [0.3, 0.4) is 0 Å². The molecule has 0 aliphatic heterocycles. The molecule has 2 unspecified atom stereocenters. The Morgan fingerprint density at radius 2 is 2.29 bits per heavy atom. The Balaban J connectivity index is 2.15. The highest BCUT2D eigenvalue weighted by atomic mass is 32.2. The second-order valence-electron chi connectivity index (χ2n) is 4.51. The summed E-state index contributed by atoms with van der Waals surface area (Å²) in [6, 6.07) is 3.66. The van der Waals surface area contributed by atoms with Gasteiger partial charge in [0.05, 0.1) is 5.25 Å². The molecule has 1 N–H and O–H groups in total. The largest absolute Gasteiger partial charge is 0.313 e. The number of hydrogen-bond acceptors (Lipinski definition) is 4. The third-order valence-electron chi connectivity index (χ3n) is 3.28. The fraction of sp³-hybridized carbons (Fsp3) is 0.667. The van der Waals surface area contributed by atoms with E-state index in [2.05, 4.69) is 12.2 Å². The van der Waals surface area contributed by atoms with Crippen molar-refractivity contribution in [1.29, 1.82) is 0 Å². The van der Waals surface area contributed by atoms with Gasteiger partial charge in [-0.1, -0.05) is 19.4 Å². The highest BCUT2D eigenvalue weighted by Crippen LogP contribution is 2.32. The monoisotopic (exact) mass is 273 g/mol. The summed E-state index contributed by atoms with van der Waals surface area (Å²) in [5.41, 5.74) is 0. The lowest BCUT2D eigenvalue weighted by Crippen LogP contribution is -2.40. The average Bonchev–Trinajstić information content (AvgIpc) is 2.97. The van der Waals surface area contributed by atoms with Crippen LogP contribution in [-0.2, 0) is 9.84 Å². The van der Waals surface area contributed by atoms with Crippen molar-refractivity contribution in [3.63, 3.8) is 0 Å². The SMILES string of the molecule is CCCNC1CCCC1S(=O)(=O)c1cccs1. The van der Waals surface area contributed by atoms with Crippen molar-refractivity contribution in [2.24, 2.45) is 0 Å². The second-order valence-corrected chi connectivity index (χ2v) is 7.85. The minimum Gasteiger partial charge on any atom is -0.313 e. The molecule has 1 aromatic rings. The van der Waals surface area contributed by atoms with Crippen molar-refractivity contribution >= 4 is 21.2 Å². The topological polar surface area (TPSA) is 46.2 Å². The van der Waals surface area contributed by atoms with Gasteiger partial charge in [0, 0.05) is 6.04 Å². The van der Waals surface area contributed by atoms with Crippen molar-refractivity contribution in [1.82, 2.24) is 5.32 Å². The third-order valence-corrected chi connectivity index (χ3v) is 6.99. The Bertz CT molecular complexity index is 439. The maximum absolute atomic E-state index is 12.4. The lowest BCUT2D eigenvalue weighted by Gasteiger charge is -2.20. The van der Waals surface area contributed by atoms with E-state index in [-0.39, 0.29) is 11.3 Å². The first-order valence-electron chi connectivity index (χ1n) is 6.17. The molecule has 1 heterocycles. The molecule has 1 aliphatic carbocycles. The molecular weight excluding hydrogens is 254 g/mol. The van der Waals surface area contributed by atoms with E-state index >= 15 is 0 Å². The van der Waals surface area contributed by atoms with E-state index in [0.717, 1.165) is 32.2 Å². The van der Waals surface area contributed by atoms with E-state index in [1.165, 1.54) is 11.3 Å². The fourth-order valence-electron chi connectivity index (χ4n) is 2.44. The molecule has 2 atom stereocenters. The zero-order valence-corrected chi connectivity index (χ0v) is 11.7. The van der Waals surface area contributed by atoms with Crippen LogP contribution in [0.4, 0.5) is 0 Å². The molecule has 17 heavy (non-hydrogen) atoms. The predicted octanol–water partition coefficient (Wildman–Crippen LogP) is 2.44. The first kappa shape index (κ1) is 13.1. The van der Waals surface area contributed by atoms with Crippen LogP contribution < -0.4 is 5.32 Å².